The number of rotatable bonds is 5. The third kappa shape index (κ3) is 3.48. The van der Waals surface area contributed by atoms with Crippen LogP contribution >= 0.6 is 11.3 Å². The Kier molecular flexibility index (Phi) is 5.07. The zero-order chi connectivity index (χ0) is 22.2. The molecular formula is C24H20N4O3S. The molecule has 0 amide bonds. The molecule has 0 aliphatic heterocycles. The van der Waals surface area contributed by atoms with Crippen LogP contribution in [-0.2, 0) is 13.0 Å². The van der Waals surface area contributed by atoms with E-state index in [0.717, 1.165) is 17.5 Å². The summed E-state index contributed by atoms with van der Waals surface area (Å²) in [5.74, 6) is 0.757. The highest BCUT2D eigenvalue weighted by Gasteiger charge is 2.18. The summed E-state index contributed by atoms with van der Waals surface area (Å²) in [7, 11) is 0. The van der Waals surface area contributed by atoms with Crippen molar-refractivity contribution in [1.29, 1.82) is 0 Å². The summed E-state index contributed by atoms with van der Waals surface area (Å²) in [5.41, 5.74) is 3.42. The fourth-order valence-electron chi connectivity index (χ4n) is 3.62. The van der Waals surface area contributed by atoms with Gasteiger partial charge in [-0.05, 0) is 42.5 Å². The minimum Gasteiger partial charge on any atom is -0.337 e. The van der Waals surface area contributed by atoms with Gasteiger partial charge < -0.3 is 4.52 Å². The van der Waals surface area contributed by atoms with Crippen LogP contribution in [0.3, 0.4) is 0 Å². The number of nitrogens with zero attached hydrogens (tertiary/aromatic N) is 4. The molecule has 0 fully saturated rings. The predicted molar refractivity (Wildman–Crippen MR) is 125 cm³/mol. The lowest BCUT2D eigenvalue weighted by molar-refractivity contribution is 0.370. The summed E-state index contributed by atoms with van der Waals surface area (Å²) < 4.78 is 8.64. The van der Waals surface area contributed by atoms with Crippen molar-refractivity contribution in [2.45, 2.75) is 26.8 Å². The first-order valence-electron chi connectivity index (χ1n) is 10.3. The molecule has 3 heterocycles. The molecule has 0 saturated carbocycles. The highest BCUT2D eigenvalue weighted by Crippen LogP contribution is 2.20. The first kappa shape index (κ1) is 20.1. The quantitative estimate of drug-likeness (QED) is 0.406. The molecule has 8 heteroatoms. The maximum atomic E-state index is 13.4. The molecule has 0 aliphatic carbocycles. The van der Waals surface area contributed by atoms with Crippen molar-refractivity contribution >= 4 is 21.6 Å². The average molecular weight is 445 g/mol. The second kappa shape index (κ2) is 8.05. The third-order valence-electron chi connectivity index (χ3n) is 5.43. The van der Waals surface area contributed by atoms with Gasteiger partial charge in [0.25, 0.3) is 5.56 Å². The van der Waals surface area contributed by atoms with Gasteiger partial charge in [0.15, 0.2) is 0 Å². The van der Waals surface area contributed by atoms with Crippen molar-refractivity contribution in [1.82, 2.24) is 19.3 Å². The van der Waals surface area contributed by atoms with Gasteiger partial charge in [0.2, 0.25) is 11.7 Å². The van der Waals surface area contributed by atoms with E-state index in [0.29, 0.717) is 27.6 Å². The molecule has 7 nitrogen and oxygen atoms in total. The fraction of sp³-hybridized carbons (Fsp3) is 0.167. The molecule has 0 bridgehead atoms. The fourth-order valence-corrected chi connectivity index (χ4v) is 4.45. The van der Waals surface area contributed by atoms with Crippen LogP contribution in [0.15, 0.2) is 74.1 Å². The van der Waals surface area contributed by atoms with Gasteiger partial charge in [-0.25, -0.2) is 9.36 Å². The van der Waals surface area contributed by atoms with Crippen LogP contribution in [0.5, 0.6) is 0 Å². The Labute approximate surface area is 187 Å². The maximum Gasteiger partial charge on any atom is 0.336 e. The van der Waals surface area contributed by atoms with Crippen LogP contribution < -0.4 is 11.2 Å². The van der Waals surface area contributed by atoms with E-state index in [1.54, 1.807) is 23.6 Å². The topological polar surface area (TPSA) is 82.9 Å². The summed E-state index contributed by atoms with van der Waals surface area (Å²) in [4.78, 5) is 30.9. The zero-order valence-electron chi connectivity index (χ0n) is 17.6. The lowest BCUT2D eigenvalue weighted by Gasteiger charge is -2.11. The summed E-state index contributed by atoms with van der Waals surface area (Å²) in [6.07, 6.45) is 0.952. The number of hydrogen-bond donors (Lipinski definition) is 0. The van der Waals surface area contributed by atoms with Crippen molar-refractivity contribution in [3.05, 3.63) is 97.8 Å². The number of aryl methyl sites for hydroxylation is 2. The van der Waals surface area contributed by atoms with Gasteiger partial charge in [0.05, 0.1) is 11.2 Å². The van der Waals surface area contributed by atoms with E-state index in [2.05, 4.69) is 17.1 Å². The Morgan fingerprint density at radius 3 is 2.47 bits per heavy atom. The Bertz CT molecular complexity index is 1520. The smallest absolute Gasteiger partial charge is 0.336 e. The lowest BCUT2D eigenvalue weighted by Crippen LogP contribution is -2.38. The van der Waals surface area contributed by atoms with Crippen molar-refractivity contribution in [2.24, 2.45) is 0 Å². The molecular weight excluding hydrogens is 424 g/mol. The number of benzene rings is 2. The number of aromatic nitrogens is 4. The molecule has 0 atom stereocenters. The molecule has 0 saturated heterocycles. The first-order chi connectivity index (χ1) is 15.5. The molecule has 3 aromatic heterocycles. The van der Waals surface area contributed by atoms with E-state index in [9.17, 15) is 9.59 Å². The van der Waals surface area contributed by atoms with Crippen LogP contribution in [0.1, 0.15) is 23.9 Å². The first-order valence-corrected chi connectivity index (χ1v) is 11.1. The number of fused-ring (bicyclic) bond motifs is 1. The Morgan fingerprint density at radius 1 is 1.00 bits per heavy atom. The van der Waals surface area contributed by atoms with Crippen LogP contribution in [-0.4, -0.2) is 19.3 Å². The van der Waals surface area contributed by atoms with Crippen molar-refractivity contribution < 1.29 is 4.52 Å². The van der Waals surface area contributed by atoms with Crippen molar-refractivity contribution in [3.8, 4) is 17.1 Å². The molecule has 0 radical (unpaired) electrons. The standard InChI is InChI=1S/C24H20N4O3S/c1-3-16-6-8-17(9-7-16)22-25-20(31-26-22)14-27-19-12-13-32-21(19)23(29)28(24(27)30)18-10-4-15(2)5-11-18/h4-13H,3,14H2,1-2H3. The van der Waals surface area contributed by atoms with E-state index >= 15 is 0 Å². The molecule has 0 spiro atoms. The van der Waals surface area contributed by atoms with E-state index in [1.807, 2.05) is 43.3 Å². The number of thiophene rings is 1. The monoisotopic (exact) mass is 444 g/mol. The van der Waals surface area contributed by atoms with E-state index in [1.165, 1.54) is 26.0 Å². The maximum absolute atomic E-state index is 13.4. The zero-order valence-corrected chi connectivity index (χ0v) is 18.4. The van der Waals surface area contributed by atoms with Crippen LogP contribution in [0.4, 0.5) is 0 Å². The molecule has 5 aromatic rings. The van der Waals surface area contributed by atoms with E-state index < -0.39 is 5.69 Å². The van der Waals surface area contributed by atoms with E-state index in [-0.39, 0.29) is 12.1 Å². The van der Waals surface area contributed by atoms with E-state index in [4.69, 9.17) is 4.52 Å². The van der Waals surface area contributed by atoms with Gasteiger partial charge in [0, 0.05) is 5.56 Å². The molecule has 0 aliphatic rings. The molecule has 5 rings (SSSR count). The minimum absolute atomic E-state index is 0.0677. The second-order valence-electron chi connectivity index (χ2n) is 7.54. The van der Waals surface area contributed by atoms with Gasteiger partial charge in [0.1, 0.15) is 11.2 Å². The lowest BCUT2D eigenvalue weighted by atomic mass is 10.1. The molecule has 0 unspecified atom stereocenters. The number of hydrogen-bond acceptors (Lipinski definition) is 6. The van der Waals surface area contributed by atoms with Gasteiger partial charge in [-0.15, -0.1) is 11.3 Å². The predicted octanol–water partition coefficient (Wildman–Crippen LogP) is 4.18. The van der Waals surface area contributed by atoms with Crippen LogP contribution in [0.2, 0.25) is 0 Å². The Hall–Kier alpha value is -3.78. The SMILES string of the molecule is CCc1ccc(-c2noc(Cn3c(=O)n(-c4ccc(C)cc4)c(=O)c4sccc43)n2)cc1. The molecule has 0 N–H and O–H groups in total. The van der Waals surface area contributed by atoms with Crippen molar-refractivity contribution in [3.63, 3.8) is 0 Å². The Balaban J connectivity index is 1.58. The molecule has 2 aromatic carbocycles. The van der Waals surface area contributed by atoms with Gasteiger partial charge in [-0.2, -0.15) is 4.98 Å². The van der Waals surface area contributed by atoms with Crippen LogP contribution in [0, 0.1) is 6.92 Å². The van der Waals surface area contributed by atoms with Crippen molar-refractivity contribution in [2.75, 3.05) is 0 Å². The normalized spacial score (nSPS) is 11.3. The summed E-state index contributed by atoms with van der Waals surface area (Å²) >= 11 is 1.31. The van der Waals surface area contributed by atoms with Gasteiger partial charge >= 0.3 is 5.69 Å². The summed E-state index contributed by atoms with van der Waals surface area (Å²) in [6, 6.07) is 17.0. The minimum atomic E-state index is -0.447. The summed E-state index contributed by atoms with van der Waals surface area (Å²) in [6.45, 7) is 4.12. The average Bonchev–Trinajstić information content (AvgIpc) is 3.48. The second-order valence-corrected chi connectivity index (χ2v) is 8.46. The van der Waals surface area contributed by atoms with Crippen LogP contribution in [0.25, 0.3) is 27.3 Å². The molecule has 32 heavy (non-hydrogen) atoms. The third-order valence-corrected chi connectivity index (χ3v) is 6.32. The van der Waals surface area contributed by atoms with Gasteiger partial charge in [-0.1, -0.05) is 54.0 Å². The largest absolute Gasteiger partial charge is 0.337 e. The Morgan fingerprint density at radius 2 is 1.75 bits per heavy atom. The highest BCUT2D eigenvalue weighted by molar-refractivity contribution is 7.17. The molecule has 160 valence electrons. The van der Waals surface area contributed by atoms with Gasteiger partial charge in [-0.3, -0.25) is 9.36 Å². The highest BCUT2D eigenvalue weighted by atomic mass is 32.1. The summed E-state index contributed by atoms with van der Waals surface area (Å²) in [5, 5.41) is 5.88.